The lowest BCUT2D eigenvalue weighted by Gasteiger charge is -2.18. The molecule has 3 atom stereocenters. The van der Waals surface area contributed by atoms with Gasteiger partial charge in [-0.05, 0) is 32.4 Å². The fraction of sp³-hybridized carbons (Fsp3) is 0.516. The highest BCUT2D eigenvalue weighted by Crippen LogP contribution is 2.26. The topological polar surface area (TPSA) is 171 Å². The molecular formula is C31H46N2O10. The Morgan fingerprint density at radius 3 is 2.33 bits per heavy atom. The Morgan fingerprint density at radius 1 is 1.16 bits per heavy atom. The van der Waals surface area contributed by atoms with E-state index in [-0.39, 0.29) is 47.7 Å². The van der Waals surface area contributed by atoms with Gasteiger partial charge >= 0.3 is 17.9 Å². The smallest absolute Gasteiger partial charge is 0.326 e. The summed E-state index contributed by atoms with van der Waals surface area (Å²) in [4.78, 5) is 47.6. The Bertz CT molecular complexity index is 1100. The van der Waals surface area contributed by atoms with Crippen molar-refractivity contribution in [3.8, 4) is 11.5 Å². The summed E-state index contributed by atoms with van der Waals surface area (Å²) in [6.07, 6.45) is 2.51. The molecule has 0 saturated carbocycles. The Balaban J connectivity index is 0.000000764. The second-order valence-corrected chi connectivity index (χ2v) is 9.34. The summed E-state index contributed by atoms with van der Waals surface area (Å²) >= 11 is 0. The largest absolute Gasteiger partial charge is 0.503 e. The number of aliphatic carboxylic acids is 1. The summed E-state index contributed by atoms with van der Waals surface area (Å²) in [6, 6.07) is 10.7. The van der Waals surface area contributed by atoms with Gasteiger partial charge in [0.15, 0.2) is 17.8 Å². The maximum absolute atomic E-state index is 12.2. The first-order valence-electron chi connectivity index (χ1n) is 14.1. The van der Waals surface area contributed by atoms with E-state index in [9.17, 15) is 24.3 Å². The average molecular weight is 607 g/mol. The number of methoxy groups -OCH3 is 1. The number of likely N-dealkylation sites (N-methyl/N-ethyl adjacent to an activating group) is 1. The van der Waals surface area contributed by atoms with E-state index in [1.807, 2.05) is 44.2 Å². The van der Waals surface area contributed by atoms with Crippen LogP contribution in [-0.4, -0.2) is 78.9 Å². The Morgan fingerprint density at radius 2 is 1.79 bits per heavy atom. The predicted octanol–water partition coefficient (Wildman–Crippen LogP) is 4.04. The molecule has 240 valence electrons. The predicted molar refractivity (Wildman–Crippen MR) is 160 cm³/mol. The Kier molecular flexibility index (Phi) is 20.4. The number of rotatable bonds is 9. The number of carbonyl (C=O) groups is 4. The van der Waals surface area contributed by atoms with Crippen molar-refractivity contribution in [3.05, 3.63) is 53.9 Å². The van der Waals surface area contributed by atoms with Gasteiger partial charge in [-0.25, -0.2) is 4.98 Å². The van der Waals surface area contributed by atoms with E-state index in [2.05, 4.69) is 10.3 Å². The van der Waals surface area contributed by atoms with E-state index < -0.39 is 18.0 Å². The molecule has 0 spiro atoms. The third kappa shape index (κ3) is 15.7. The molecule has 3 N–H and O–H groups in total. The zero-order chi connectivity index (χ0) is 32.8. The van der Waals surface area contributed by atoms with Crippen LogP contribution in [0.4, 0.5) is 0 Å². The first-order chi connectivity index (χ1) is 20.5. The van der Waals surface area contributed by atoms with Crippen molar-refractivity contribution in [2.45, 2.75) is 66.2 Å². The fourth-order valence-electron chi connectivity index (χ4n) is 3.31. The van der Waals surface area contributed by atoms with Gasteiger partial charge < -0.3 is 34.5 Å². The van der Waals surface area contributed by atoms with Crippen molar-refractivity contribution >= 4 is 24.2 Å². The van der Waals surface area contributed by atoms with Crippen LogP contribution in [0.3, 0.4) is 0 Å². The molecule has 1 fully saturated rings. The molecule has 1 aromatic heterocycles. The van der Waals surface area contributed by atoms with Crippen LogP contribution in [0.5, 0.6) is 11.5 Å². The number of esters is 2. The summed E-state index contributed by atoms with van der Waals surface area (Å²) in [5.41, 5.74) is 1.08. The molecule has 43 heavy (non-hydrogen) atoms. The minimum Gasteiger partial charge on any atom is -0.503 e. The average Bonchev–Trinajstić information content (AvgIpc) is 3.05. The van der Waals surface area contributed by atoms with Gasteiger partial charge in [0.2, 0.25) is 0 Å². The molecule has 12 nitrogen and oxygen atoms in total. The van der Waals surface area contributed by atoms with Crippen molar-refractivity contribution in [1.29, 1.82) is 0 Å². The van der Waals surface area contributed by atoms with Gasteiger partial charge in [0.1, 0.15) is 18.3 Å². The number of pyridine rings is 1. The summed E-state index contributed by atoms with van der Waals surface area (Å²) in [6.45, 7) is 10.0. The van der Waals surface area contributed by atoms with E-state index in [4.69, 9.17) is 24.1 Å². The molecule has 2 aromatic rings. The first-order valence-corrected chi connectivity index (χ1v) is 14.1. The number of carboxylic acids is 1. The van der Waals surface area contributed by atoms with Gasteiger partial charge in [-0.1, -0.05) is 58.0 Å². The van der Waals surface area contributed by atoms with Crippen LogP contribution in [0.25, 0.3) is 0 Å². The van der Waals surface area contributed by atoms with E-state index in [1.54, 1.807) is 27.8 Å². The molecule has 1 aliphatic heterocycles. The number of aromatic hydroxyl groups is 1. The van der Waals surface area contributed by atoms with Crippen molar-refractivity contribution in [2.75, 3.05) is 27.4 Å². The Labute approximate surface area is 253 Å². The van der Waals surface area contributed by atoms with Crippen LogP contribution in [0.2, 0.25) is 0 Å². The summed E-state index contributed by atoms with van der Waals surface area (Å²) in [5, 5.41) is 20.0. The van der Waals surface area contributed by atoms with Gasteiger partial charge in [0, 0.05) is 18.9 Å². The molecule has 0 bridgehead atoms. The minimum absolute atomic E-state index is 0.00986. The molecule has 0 aliphatic carbocycles. The molecule has 2 heterocycles. The van der Waals surface area contributed by atoms with Crippen molar-refractivity contribution in [3.63, 3.8) is 0 Å². The maximum Gasteiger partial charge on any atom is 0.326 e. The van der Waals surface area contributed by atoms with Crippen LogP contribution in [0.1, 0.15) is 63.5 Å². The molecule has 3 rings (SSSR count). The third-order valence-electron chi connectivity index (χ3n) is 5.76. The molecular weight excluding hydrogens is 560 g/mol. The Hall–Kier alpha value is -4.03. The lowest BCUT2D eigenvalue weighted by atomic mass is 9.99. The van der Waals surface area contributed by atoms with E-state index in [1.165, 1.54) is 19.4 Å². The SMILES string of the molecule is CC.CC(C)C(=O)O.CN[C@H]1COC(=O)C(CCOCc2ccccc2)CC(C)OC1=O.COc1ccnc(C=O)c1O. The van der Waals surface area contributed by atoms with Crippen LogP contribution >= 0.6 is 0 Å². The number of carboxylic acid groups (broad SMARTS) is 1. The molecule has 1 saturated heterocycles. The van der Waals surface area contributed by atoms with Gasteiger partial charge in [-0.3, -0.25) is 19.2 Å². The van der Waals surface area contributed by atoms with Gasteiger partial charge in [-0.15, -0.1) is 0 Å². The third-order valence-corrected chi connectivity index (χ3v) is 5.76. The number of benzene rings is 1. The van der Waals surface area contributed by atoms with Crippen molar-refractivity contribution < 1.29 is 48.3 Å². The monoisotopic (exact) mass is 606 g/mol. The second-order valence-electron chi connectivity index (χ2n) is 9.34. The lowest BCUT2D eigenvalue weighted by molar-refractivity contribution is -0.152. The van der Waals surface area contributed by atoms with E-state index >= 15 is 0 Å². The molecule has 1 aliphatic rings. The van der Waals surface area contributed by atoms with Crippen molar-refractivity contribution in [1.82, 2.24) is 10.3 Å². The number of aldehydes is 1. The van der Waals surface area contributed by atoms with Gasteiger partial charge in [0.25, 0.3) is 0 Å². The quantitative estimate of drug-likeness (QED) is 0.213. The highest BCUT2D eigenvalue weighted by Gasteiger charge is 2.30. The van der Waals surface area contributed by atoms with Crippen LogP contribution in [0, 0.1) is 11.8 Å². The lowest BCUT2D eigenvalue weighted by Crippen LogP contribution is -2.40. The van der Waals surface area contributed by atoms with Crippen LogP contribution < -0.4 is 10.1 Å². The van der Waals surface area contributed by atoms with E-state index in [0.29, 0.717) is 32.3 Å². The zero-order valence-electron chi connectivity index (χ0n) is 26.1. The van der Waals surface area contributed by atoms with Gasteiger partial charge in [0.05, 0.1) is 31.7 Å². The minimum atomic E-state index is -0.741. The number of carbonyl (C=O) groups excluding carboxylic acids is 3. The number of nitrogens with zero attached hydrogens (tertiary/aromatic N) is 1. The van der Waals surface area contributed by atoms with E-state index in [0.717, 1.165) is 5.56 Å². The van der Waals surface area contributed by atoms with Gasteiger partial charge in [-0.2, -0.15) is 0 Å². The maximum atomic E-state index is 12.2. The molecule has 0 amide bonds. The number of aromatic nitrogens is 1. The number of nitrogens with one attached hydrogen (secondary N) is 1. The number of hydrogen-bond donors (Lipinski definition) is 3. The normalized spacial score (nSPS) is 17.8. The zero-order valence-corrected chi connectivity index (χ0v) is 26.1. The molecule has 12 heteroatoms. The first kappa shape index (κ1) is 39.0. The number of cyclic esters (lactones) is 2. The molecule has 1 aromatic carbocycles. The summed E-state index contributed by atoms with van der Waals surface area (Å²) in [5.74, 6) is -1.96. The summed E-state index contributed by atoms with van der Waals surface area (Å²) in [7, 11) is 3.04. The number of hydrogen-bond acceptors (Lipinski definition) is 11. The van der Waals surface area contributed by atoms with Crippen molar-refractivity contribution in [2.24, 2.45) is 11.8 Å². The van der Waals surface area contributed by atoms with Crippen LogP contribution in [0.15, 0.2) is 42.6 Å². The summed E-state index contributed by atoms with van der Waals surface area (Å²) < 4.78 is 21.0. The highest BCUT2D eigenvalue weighted by atomic mass is 16.6. The standard InChI is InChI=1S/C18H25NO5.C7H7NO3.C4H8O2.C2H6/c1-13-10-15(8-9-22-11-14-6-4-3-5-7-14)17(20)23-12-16(19-2)18(21)24-13;1-11-6-2-3-8-5(4-9)7(6)10;1-3(2)4(5)6;1-2/h3-7,13,15-16,19H,8-12H2,1-2H3;2-4,10H,1H3;3H,1-2H3,(H,5,6);1-2H3/t13?,15?,16-;;;/m0.../s1. The highest BCUT2D eigenvalue weighted by molar-refractivity contribution is 5.78. The fourth-order valence-corrected chi connectivity index (χ4v) is 3.31. The number of ether oxygens (including phenoxy) is 4. The second kappa shape index (κ2) is 22.6. The molecule has 0 radical (unpaired) electrons. The van der Waals surface area contributed by atoms with Crippen LogP contribution in [-0.2, 0) is 35.2 Å². The molecule has 2 unspecified atom stereocenters.